The van der Waals surface area contributed by atoms with Crippen molar-refractivity contribution in [3.63, 3.8) is 0 Å². The lowest BCUT2D eigenvalue weighted by molar-refractivity contribution is -0.140. The fraction of sp³-hybridized carbons (Fsp3) is 0.130. The molecule has 1 N–H and O–H groups in total. The summed E-state index contributed by atoms with van der Waals surface area (Å²) in [4.78, 5) is 27.2. The minimum absolute atomic E-state index is 0.00192. The zero-order chi connectivity index (χ0) is 22.1. The van der Waals surface area contributed by atoms with Gasteiger partial charge in [-0.1, -0.05) is 23.7 Å². The van der Waals surface area contributed by atoms with E-state index in [9.17, 15) is 19.1 Å². The molecule has 1 aliphatic heterocycles. The molecular weight excluding hydrogens is 425 g/mol. The molecule has 0 bridgehead atoms. The summed E-state index contributed by atoms with van der Waals surface area (Å²) < 4.78 is 24.5. The summed E-state index contributed by atoms with van der Waals surface area (Å²) in [6.07, 6.45) is 1.46. The molecule has 0 radical (unpaired) electrons. The number of aliphatic hydroxyl groups is 1. The van der Waals surface area contributed by atoms with Crippen LogP contribution in [0.3, 0.4) is 0 Å². The Morgan fingerprint density at radius 1 is 1.19 bits per heavy atom. The Kier molecular flexibility index (Phi) is 5.52. The molecule has 1 atom stereocenters. The molecule has 3 aromatic rings. The van der Waals surface area contributed by atoms with Crippen molar-refractivity contribution in [2.45, 2.75) is 12.6 Å². The van der Waals surface area contributed by atoms with Crippen molar-refractivity contribution in [1.82, 2.24) is 4.90 Å². The molecule has 2 heterocycles. The smallest absolute Gasteiger partial charge is 0.296 e. The van der Waals surface area contributed by atoms with E-state index in [0.717, 1.165) is 6.07 Å². The molecule has 31 heavy (non-hydrogen) atoms. The van der Waals surface area contributed by atoms with Crippen molar-refractivity contribution < 1.29 is 28.2 Å². The van der Waals surface area contributed by atoms with Crippen LogP contribution in [-0.2, 0) is 16.1 Å². The van der Waals surface area contributed by atoms with E-state index >= 15 is 0 Å². The van der Waals surface area contributed by atoms with E-state index in [2.05, 4.69) is 0 Å². The molecule has 8 heteroatoms. The van der Waals surface area contributed by atoms with Crippen LogP contribution in [-0.4, -0.2) is 28.8 Å². The normalized spacial score (nSPS) is 17.9. The van der Waals surface area contributed by atoms with Gasteiger partial charge < -0.3 is 19.2 Å². The Labute approximate surface area is 182 Å². The second kappa shape index (κ2) is 8.28. The number of nitrogens with zero attached hydrogens (tertiary/aromatic N) is 1. The molecule has 1 aromatic heterocycles. The first-order valence-corrected chi connectivity index (χ1v) is 9.68. The van der Waals surface area contributed by atoms with Crippen LogP contribution < -0.4 is 4.74 Å². The van der Waals surface area contributed by atoms with E-state index in [1.54, 1.807) is 36.4 Å². The van der Waals surface area contributed by atoms with Crippen LogP contribution in [0, 0.1) is 5.82 Å². The van der Waals surface area contributed by atoms with Crippen molar-refractivity contribution >= 4 is 29.1 Å². The Morgan fingerprint density at radius 3 is 2.58 bits per heavy atom. The second-order valence-corrected chi connectivity index (χ2v) is 7.34. The average Bonchev–Trinajstić information content (AvgIpc) is 3.36. The summed E-state index contributed by atoms with van der Waals surface area (Å²) >= 11 is 6.00. The first kappa shape index (κ1) is 20.7. The highest BCUT2D eigenvalue weighted by molar-refractivity contribution is 6.46. The SMILES string of the molecule is COc1ccc(F)cc1/C(O)=C1\C(=O)C(=O)N(Cc2ccco2)C1c1ccc(Cl)cc1. The van der Waals surface area contributed by atoms with E-state index in [1.807, 2.05) is 0 Å². The van der Waals surface area contributed by atoms with Crippen molar-refractivity contribution in [2.24, 2.45) is 0 Å². The zero-order valence-electron chi connectivity index (χ0n) is 16.3. The molecular formula is C23H17ClFNO5. The largest absolute Gasteiger partial charge is 0.507 e. The minimum Gasteiger partial charge on any atom is -0.507 e. The molecule has 1 fully saturated rings. The highest BCUT2D eigenvalue weighted by Gasteiger charge is 2.46. The summed E-state index contributed by atoms with van der Waals surface area (Å²) in [5, 5.41) is 11.5. The van der Waals surface area contributed by atoms with Crippen LogP contribution in [0.2, 0.25) is 5.02 Å². The number of hydrogen-bond acceptors (Lipinski definition) is 5. The van der Waals surface area contributed by atoms with Gasteiger partial charge in [0.15, 0.2) is 0 Å². The maximum Gasteiger partial charge on any atom is 0.296 e. The number of halogens is 2. The third-order valence-electron chi connectivity index (χ3n) is 5.05. The molecule has 0 saturated carbocycles. The zero-order valence-corrected chi connectivity index (χ0v) is 17.1. The van der Waals surface area contributed by atoms with Crippen LogP contribution in [0.25, 0.3) is 5.76 Å². The van der Waals surface area contributed by atoms with Crippen LogP contribution in [0.4, 0.5) is 4.39 Å². The highest BCUT2D eigenvalue weighted by atomic mass is 35.5. The van der Waals surface area contributed by atoms with Crippen molar-refractivity contribution in [3.8, 4) is 5.75 Å². The minimum atomic E-state index is -0.935. The van der Waals surface area contributed by atoms with Gasteiger partial charge in [0.2, 0.25) is 0 Å². The molecule has 4 rings (SSSR count). The Balaban J connectivity index is 1.91. The molecule has 0 aliphatic carbocycles. The molecule has 6 nitrogen and oxygen atoms in total. The lowest BCUT2D eigenvalue weighted by Gasteiger charge is -2.24. The molecule has 1 aliphatic rings. The Hall–Kier alpha value is -3.58. The standard InChI is InChI=1S/C23H17ClFNO5/c1-30-18-9-8-15(25)11-17(18)21(27)19-20(13-4-6-14(24)7-5-13)26(23(29)22(19)28)12-16-3-2-10-31-16/h2-11,20,27H,12H2,1H3/b21-19+. The van der Waals surface area contributed by atoms with E-state index in [0.29, 0.717) is 16.3 Å². The number of ether oxygens (including phenoxy) is 1. The number of hydrogen-bond donors (Lipinski definition) is 1. The van der Waals surface area contributed by atoms with E-state index in [1.165, 1.54) is 30.4 Å². The van der Waals surface area contributed by atoms with Gasteiger partial charge in [-0.3, -0.25) is 9.59 Å². The predicted octanol–water partition coefficient (Wildman–Crippen LogP) is 4.70. The third-order valence-corrected chi connectivity index (χ3v) is 5.30. The third kappa shape index (κ3) is 3.80. The molecule has 1 unspecified atom stereocenters. The van der Waals surface area contributed by atoms with Crippen LogP contribution in [0.15, 0.2) is 70.9 Å². The van der Waals surface area contributed by atoms with Gasteiger partial charge in [-0.2, -0.15) is 0 Å². The number of benzene rings is 2. The molecule has 2 aromatic carbocycles. The number of likely N-dealkylation sites (tertiary alicyclic amines) is 1. The number of rotatable bonds is 5. The lowest BCUT2D eigenvalue weighted by atomic mass is 9.95. The van der Waals surface area contributed by atoms with Crippen molar-refractivity contribution in [3.05, 3.63) is 94.2 Å². The Morgan fingerprint density at radius 2 is 1.94 bits per heavy atom. The fourth-order valence-corrected chi connectivity index (χ4v) is 3.74. The Bertz CT molecular complexity index is 1170. The number of ketones is 1. The van der Waals surface area contributed by atoms with Gasteiger partial charge in [0.25, 0.3) is 11.7 Å². The van der Waals surface area contributed by atoms with Gasteiger partial charge in [0.05, 0.1) is 37.1 Å². The monoisotopic (exact) mass is 441 g/mol. The maximum atomic E-state index is 13.9. The predicted molar refractivity (Wildman–Crippen MR) is 111 cm³/mol. The number of carbonyl (C=O) groups is 2. The van der Waals surface area contributed by atoms with Gasteiger partial charge >= 0.3 is 0 Å². The lowest BCUT2D eigenvalue weighted by Crippen LogP contribution is -2.29. The number of furan rings is 1. The number of amides is 1. The maximum absolute atomic E-state index is 13.9. The topological polar surface area (TPSA) is 80.0 Å². The van der Waals surface area contributed by atoms with Crippen molar-refractivity contribution in [1.29, 1.82) is 0 Å². The van der Waals surface area contributed by atoms with Gasteiger partial charge in [0.1, 0.15) is 23.1 Å². The second-order valence-electron chi connectivity index (χ2n) is 6.90. The first-order chi connectivity index (χ1) is 14.9. The highest BCUT2D eigenvalue weighted by Crippen LogP contribution is 2.42. The summed E-state index contributed by atoms with van der Waals surface area (Å²) in [5.74, 6) is -2.24. The van der Waals surface area contributed by atoms with E-state index < -0.39 is 29.3 Å². The number of aliphatic hydroxyl groups excluding tert-OH is 1. The molecule has 1 amide bonds. The van der Waals surface area contributed by atoms with Crippen LogP contribution >= 0.6 is 11.6 Å². The summed E-state index contributed by atoms with van der Waals surface area (Å²) in [6.45, 7) is 0.00192. The van der Waals surface area contributed by atoms with Crippen LogP contribution in [0.1, 0.15) is 22.9 Å². The average molecular weight is 442 g/mol. The quantitative estimate of drug-likeness (QED) is 0.352. The molecule has 158 valence electrons. The van der Waals surface area contributed by atoms with Gasteiger partial charge in [0, 0.05) is 5.02 Å². The van der Waals surface area contributed by atoms with Gasteiger partial charge in [-0.25, -0.2) is 4.39 Å². The number of Topliss-reactive ketones (excluding diaryl/α,β-unsaturated/α-hetero) is 1. The number of methoxy groups -OCH3 is 1. The summed E-state index contributed by atoms with van der Waals surface area (Å²) in [6, 6.07) is 12.5. The molecule has 1 saturated heterocycles. The van der Waals surface area contributed by atoms with E-state index in [4.69, 9.17) is 20.8 Å². The number of carbonyl (C=O) groups excluding carboxylic acids is 2. The molecule has 0 spiro atoms. The van der Waals surface area contributed by atoms with Gasteiger partial charge in [-0.05, 0) is 48.0 Å². The first-order valence-electron chi connectivity index (χ1n) is 9.31. The van der Waals surface area contributed by atoms with Crippen molar-refractivity contribution in [2.75, 3.05) is 7.11 Å². The fourth-order valence-electron chi connectivity index (χ4n) is 3.62. The van der Waals surface area contributed by atoms with E-state index in [-0.39, 0.29) is 23.4 Å². The van der Waals surface area contributed by atoms with Crippen LogP contribution in [0.5, 0.6) is 5.75 Å². The summed E-state index contributed by atoms with van der Waals surface area (Å²) in [5.41, 5.74) is 0.340. The van der Waals surface area contributed by atoms with Gasteiger partial charge in [-0.15, -0.1) is 0 Å². The summed E-state index contributed by atoms with van der Waals surface area (Å²) in [7, 11) is 1.36.